The lowest BCUT2D eigenvalue weighted by molar-refractivity contribution is -0.152. The molecule has 0 rings (SSSR count). The first kappa shape index (κ1) is 27.0. The van der Waals surface area contributed by atoms with Crippen LogP contribution in [0.3, 0.4) is 0 Å². The number of carbonyl (C=O) groups excluding carboxylic acids is 1. The number of aliphatic hydroxyl groups is 1. The Morgan fingerprint density at radius 3 is 2.14 bits per heavy atom. The first-order chi connectivity index (χ1) is 12.5. The number of halogens is 1. The van der Waals surface area contributed by atoms with Crippen LogP contribution in [0.25, 0.3) is 0 Å². The third-order valence-electron chi connectivity index (χ3n) is 5.18. The highest BCUT2D eigenvalue weighted by Crippen LogP contribution is 2.38. The van der Waals surface area contributed by atoms with E-state index in [9.17, 15) is 14.3 Å². The predicted molar refractivity (Wildman–Crippen MR) is 116 cm³/mol. The topological polar surface area (TPSA) is 55.8 Å². The highest BCUT2D eigenvalue weighted by atomic mass is 28.4. The van der Waals surface area contributed by atoms with Gasteiger partial charge in [-0.15, -0.1) is 0 Å². The van der Waals surface area contributed by atoms with Crippen molar-refractivity contribution in [1.29, 1.82) is 0 Å². The third kappa shape index (κ3) is 9.48. The van der Waals surface area contributed by atoms with Gasteiger partial charge in [-0.05, 0) is 58.3 Å². The van der Waals surface area contributed by atoms with E-state index in [0.717, 1.165) is 0 Å². The Kier molecular flexibility index (Phi) is 10.3. The molecule has 4 nitrogen and oxygen atoms in total. The molecule has 0 saturated heterocycles. The van der Waals surface area contributed by atoms with E-state index in [1.807, 2.05) is 13.8 Å². The van der Waals surface area contributed by atoms with Gasteiger partial charge in [-0.2, -0.15) is 0 Å². The molecule has 0 aromatic rings. The van der Waals surface area contributed by atoms with Crippen LogP contribution in [0.4, 0.5) is 4.39 Å². The molecule has 0 radical (unpaired) electrons. The zero-order chi connectivity index (χ0) is 22.3. The van der Waals surface area contributed by atoms with Crippen LogP contribution in [-0.2, 0) is 14.0 Å². The first-order valence-corrected chi connectivity index (χ1v) is 13.0. The van der Waals surface area contributed by atoms with Gasteiger partial charge in [0, 0.05) is 12.0 Å². The van der Waals surface area contributed by atoms with Gasteiger partial charge in [-0.1, -0.05) is 39.8 Å². The van der Waals surface area contributed by atoms with E-state index in [-0.39, 0.29) is 29.6 Å². The maximum Gasteiger partial charge on any atom is 0.311 e. The van der Waals surface area contributed by atoms with Crippen LogP contribution in [-0.4, -0.2) is 38.2 Å². The molecule has 0 aromatic heterocycles. The quantitative estimate of drug-likeness (QED) is 0.224. The van der Waals surface area contributed by atoms with E-state index < -0.39 is 25.7 Å². The largest absolute Gasteiger partial charge is 0.465 e. The summed E-state index contributed by atoms with van der Waals surface area (Å²) >= 11 is 0. The van der Waals surface area contributed by atoms with Crippen LogP contribution in [0.2, 0.25) is 18.1 Å². The molecule has 0 heterocycles. The van der Waals surface area contributed by atoms with Crippen molar-refractivity contribution in [3.63, 3.8) is 0 Å². The molecule has 0 aliphatic rings. The second-order valence-electron chi connectivity index (χ2n) is 10.0. The summed E-state index contributed by atoms with van der Waals surface area (Å²) in [6.07, 6.45) is 3.40. The second kappa shape index (κ2) is 10.7. The van der Waals surface area contributed by atoms with Crippen molar-refractivity contribution in [1.82, 2.24) is 0 Å². The molecule has 0 aliphatic heterocycles. The summed E-state index contributed by atoms with van der Waals surface area (Å²) in [5, 5.41) is 10.1. The van der Waals surface area contributed by atoms with E-state index in [2.05, 4.69) is 33.9 Å². The van der Waals surface area contributed by atoms with Gasteiger partial charge >= 0.3 is 5.97 Å². The van der Waals surface area contributed by atoms with E-state index in [4.69, 9.17) is 9.16 Å². The monoisotopic (exact) mass is 416 g/mol. The van der Waals surface area contributed by atoms with Gasteiger partial charge in [0.15, 0.2) is 8.32 Å². The lowest BCUT2D eigenvalue weighted by Gasteiger charge is -2.39. The van der Waals surface area contributed by atoms with Crippen LogP contribution in [0, 0.1) is 11.3 Å². The Balaban J connectivity index is 4.62. The highest BCUT2D eigenvalue weighted by molar-refractivity contribution is 6.74. The summed E-state index contributed by atoms with van der Waals surface area (Å²) in [6.45, 7) is 20.2. The van der Waals surface area contributed by atoms with Gasteiger partial charge in [0.1, 0.15) is 11.9 Å². The van der Waals surface area contributed by atoms with Gasteiger partial charge in [-0.25, -0.2) is 4.39 Å². The number of carbonyl (C=O) groups is 1. The number of aliphatic hydroxyl groups excluding tert-OH is 1. The molecule has 1 N–H and O–H groups in total. The molecule has 164 valence electrons. The fourth-order valence-electron chi connectivity index (χ4n) is 1.99. The van der Waals surface area contributed by atoms with Crippen molar-refractivity contribution in [3.05, 3.63) is 24.1 Å². The van der Waals surface area contributed by atoms with E-state index in [0.29, 0.717) is 6.42 Å². The fraction of sp³-hybridized carbons (Fsp3) is 0.773. The van der Waals surface area contributed by atoms with Crippen molar-refractivity contribution in [2.24, 2.45) is 11.3 Å². The SMILES string of the molecule is C[C@H](/C=C(/F)[C@@H](O)/C=C\CCOC(=O)C(C)(C)C)[C@@H](C)O[Si](C)(C)C(C)(C)C. The molecular weight excluding hydrogens is 375 g/mol. The second-order valence-corrected chi connectivity index (χ2v) is 14.8. The molecular formula is C22H41FO4Si. The normalized spacial score (nSPS) is 17.5. The molecule has 0 saturated carbocycles. The zero-order valence-corrected chi connectivity index (χ0v) is 20.4. The molecule has 0 unspecified atom stereocenters. The maximum absolute atomic E-state index is 14.3. The van der Waals surface area contributed by atoms with Gasteiger partial charge in [0.25, 0.3) is 0 Å². The Morgan fingerprint density at radius 1 is 1.14 bits per heavy atom. The van der Waals surface area contributed by atoms with E-state index >= 15 is 0 Å². The molecule has 6 heteroatoms. The Bertz CT molecular complexity index is 556. The van der Waals surface area contributed by atoms with Crippen molar-refractivity contribution < 1.29 is 23.5 Å². The van der Waals surface area contributed by atoms with E-state index in [1.165, 1.54) is 12.2 Å². The predicted octanol–water partition coefficient (Wildman–Crippen LogP) is 5.78. The summed E-state index contributed by atoms with van der Waals surface area (Å²) < 4.78 is 25.7. The summed E-state index contributed by atoms with van der Waals surface area (Å²) in [5.41, 5.74) is -0.544. The summed E-state index contributed by atoms with van der Waals surface area (Å²) in [5.74, 6) is -1.04. The minimum absolute atomic E-state index is 0.0853. The standard InChI is InChI=1S/C22H41FO4Si/c1-16(17(2)27-28(9,10)22(6,7)8)15-18(23)19(24)13-11-12-14-26-20(25)21(3,4)5/h11,13,15-17,19,24H,12,14H2,1-10H3/b13-11-,18-15+/t16-,17-,19+/m1/s1. The molecule has 0 spiro atoms. The summed E-state index contributed by atoms with van der Waals surface area (Å²) in [4.78, 5) is 11.6. The number of esters is 1. The Labute approximate surface area is 172 Å². The van der Waals surface area contributed by atoms with Crippen molar-refractivity contribution in [2.45, 2.75) is 92.2 Å². The van der Waals surface area contributed by atoms with Crippen LogP contribution in [0.1, 0.15) is 61.8 Å². The number of rotatable bonds is 9. The number of hydrogen-bond donors (Lipinski definition) is 1. The van der Waals surface area contributed by atoms with Crippen LogP contribution in [0.5, 0.6) is 0 Å². The van der Waals surface area contributed by atoms with Crippen molar-refractivity contribution in [3.8, 4) is 0 Å². The lowest BCUT2D eigenvalue weighted by Crippen LogP contribution is -2.44. The first-order valence-electron chi connectivity index (χ1n) is 10.1. The molecule has 0 fully saturated rings. The maximum atomic E-state index is 14.3. The van der Waals surface area contributed by atoms with Crippen LogP contribution in [0.15, 0.2) is 24.1 Å². The minimum atomic E-state index is -1.93. The molecule has 28 heavy (non-hydrogen) atoms. The fourth-order valence-corrected chi connectivity index (χ4v) is 3.48. The van der Waals surface area contributed by atoms with Gasteiger partial charge < -0.3 is 14.3 Å². The summed E-state index contributed by atoms with van der Waals surface area (Å²) in [6, 6.07) is 0. The average molecular weight is 417 g/mol. The van der Waals surface area contributed by atoms with Crippen molar-refractivity contribution >= 4 is 14.3 Å². The van der Waals surface area contributed by atoms with Gasteiger partial charge in [0.2, 0.25) is 0 Å². The summed E-state index contributed by atoms with van der Waals surface area (Å²) in [7, 11) is -1.93. The number of hydrogen-bond acceptors (Lipinski definition) is 4. The Morgan fingerprint density at radius 2 is 1.68 bits per heavy atom. The third-order valence-corrected chi connectivity index (χ3v) is 9.75. The molecule has 0 aliphatic carbocycles. The molecule has 0 bridgehead atoms. The Hall–Kier alpha value is -0.983. The molecule has 3 atom stereocenters. The molecule has 0 amide bonds. The smallest absolute Gasteiger partial charge is 0.311 e. The zero-order valence-electron chi connectivity index (χ0n) is 19.4. The van der Waals surface area contributed by atoms with Gasteiger partial charge in [0.05, 0.1) is 12.0 Å². The van der Waals surface area contributed by atoms with Crippen LogP contribution < -0.4 is 0 Å². The number of ether oxygens (including phenoxy) is 1. The minimum Gasteiger partial charge on any atom is -0.465 e. The van der Waals surface area contributed by atoms with Crippen molar-refractivity contribution in [2.75, 3.05) is 6.61 Å². The highest BCUT2D eigenvalue weighted by Gasteiger charge is 2.39. The van der Waals surface area contributed by atoms with Gasteiger partial charge in [-0.3, -0.25) is 4.79 Å². The van der Waals surface area contributed by atoms with Crippen LogP contribution >= 0.6 is 0 Å². The molecule has 0 aromatic carbocycles. The lowest BCUT2D eigenvalue weighted by atomic mass is 9.97. The average Bonchev–Trinajstić information content (AvgIpc) is 2.51. The van der Waals surface area contributed by atoms with E-state index in [1.54, 1.807) is 26.8 Å².